The SMILES string of the molecule is Cc1cc([N+](=O)[O-])c(C)cc1OCCC(C)O. The Balaban J connectivity index is 2.81. The van der Waals surface area contributed by atoms with Gasteiger partial charge in [0.2, 0.25) is 0 Å². The first kappa shape index (κ1) is 13.4. The summed E-state index contributed by atoms with van der Waals surface area (Å²) in [6, 6.07) is 3.17. The molecule has 0 heterocycles. The van der Waals surface area contributed by atoms with Crippen LogP contribution in [0.15, 0.2) is 12.1 Å². The van der Waals surface area contributed by atoms with E-state index >= 15 is 0 Å². The molecule has 0 aliphatic rings. The molecule has 0 fully saturated rings. The molecule has 0 aliphatic carbocycles. The fourth-order valence-electron chi connectivity index (χ4n) is 1.47. The predicted molar refractivity (Wildman–Crippen MR) is 64.4 cm³/mol. The summed E-state index contributed by atoms with van der Waals surface area (Å²) in [5, 5.41) is 19.8. The monoisotopic (exact) mass is 239 g/mol. The maximum absolute atomic E-state index is 10.7. The molecule has 0 amide bonds. The Morgan fingerprint density at radius 2 is 2.06 bits per heavy atom. The molecule has 17 heavy (non-hydrogen) atoms. The van der Waals surface area contributed by atoms with Crippen molar-refractivity contribution in [3.8, 4) is 5.75 Å². The van der Waals surface area contributed by atoms with Gasteiger partial charge in [0.15, 0.2) is 0 Å². The summed E-state index contributed by atoms with van der Waals surface area (Å²) in [6.07, 6.45) is 0.129. The number of nitrogens with zero attached hydrogens (tertiary/aromatic N) is 1. The van der Waals surface area contributed by atoms with E-state index in [1.165, 1.54) is 6.07 Å². The van der Waals surface area contributed by atoms with E-state index in [1.807, 2.05) is 0 Å². The smallest absolute Gasteiger partial charge is 0.272 e. The zero-order chi connectivity index (χ0) is 13.0. The van der Waals surface area contributed by atoms with Crippen molar-refractivity contribution in [2.45, 2.75) is 33.3 Å². The van der Waals surface area contributed by atoms with Crippen LogP contribution in [0.2, 0.25) is 0 Å². The number of nitro benzene ring substituents is 1. The molecular weight excluding hydrogens is 222 g/mol. The van der Waals surface area contributed by atoms with E-state index in [2.05, 4.69) is 0 Å². The summed E-state index contributed by atoms with van der Waals surface area (Å²) in [7, 11) is 0. The lowest BCUT2D eigenvalue weighted by molar-refractivity contribution is -0.385. The maximum Gasteiger partial charge on any atom is 0.272 e. The Bertz CT molecular complexity index is 415. The van der Waals surface area contributed by atoms with E-state index in [9.17, 15) is 10.1 Å². The van der Waals surface area contributed by atoms with E-state index in [0.717, 1.165) is 5.56 Å². The quantitative estimate of drug-likeness (QED) is 0.632. The number of aryl methyl sites for hydroxylation is 2. The van der Waals surface area contributed by atoms with Gasteiger partial charge in [0.25, 0.3) is 5.69 Å². The Labute approximate surface area is 100 Å². The molecule has 0 aromatic heterocycles. The van der Waals surface area contributed by atoms with Crippen LogP contribution >= 0.6 is 0 Å². The number of nitro groups is 1. The zero-order valence-electron chi connectivity index (χ0n) is 10.3. The summed E-state index contributed by atoms with van der Waals surface area (Å²) in [4.78, 5) is 10.3. The van der Waals surface area contributed by atoms with Gasteiger partial charge in [-0.3, -0.25) is 10.1 Å². The summed E-state index contributed by atoms with van der Waals surface area (Å²) < 4.78 is 5.48. The van der Waals surface area contributed by atoms with Crippen molar-refractivity contribution in [2.24, 2.45) is 0 Å². The molecule has 5 nitrogen and oxygen atoms in total. The van der Waals surface area contributed by atoms with Crippen LogP contribution in [0.3, 0.4) is 0 Å². The first-order valence-electron chi connectivity index (χ1n) is 5.48. The fourth-order valence-corrected chi connectivity index (χ4v) is 1.47. The van der Waals surface area contributed by atoms with Crippen molar-refractivity contribution in [1.82, 2.24) is 0 Å². The molecule has 0 radical (unpaired) electrons. The van der Waals surface area contributed by atoms with Gasteiger partial charge in [-0.15, -0.1) is 0 Å². The second kappa shape index (κ2) is 5.63. The van der Waals surface area contributed by atoms with Crippen LogP contribution in [0, 0.1) is 24.0 Å². The predicted octanol–water partition coefficient (Wildman–Crippen LogP) is 2.36. The number of ether oxygens (including phenoxy) is 1. The third kappa shape index (κ3) is 3.71. The van der Waals surface area contributed by atoms with Gasteiger partial charge in [-0.25, -0.2) is 0 Å². The summed E-state index contributed by atoms with van der Waals surface area (Å²) in [6.45, 7) is 5.54. The van der Waals surface area contributed by atoms with Gasteiger partial charge >= 0.3 is 0 Å². The Morgan fingerprint density at radius 1 is 1.41 bits per heavy atom. The molecule has 0 saturated carbocycles. The van der Waals surface area contributed by atoms with E-state index in [1.54, 1.807) is 26.8 Å². The molecule has 1 rings (SSSR count). The number of hydrogen-bond acceptors (Lipinski definition) is 4. The highest BCUT2D eigenvalue weighted by Gasteiger charge is 2.13. The second-order valence-electron chi connectivity index (χ2n) is 4.15. The van der Waals surface area contributed by atoms with Crippen LogP contribution in [0.5, 0.6) is 5.75 Å². The zero-order valence-corrected chi connectivity index (χ0v) is 10.3. The van der Waals surface area contributed by atoms with E-state index in [-0.39, 0.29) is 5.69 Å². The summed E-state index contributed by atoms with van der Waals surface area (Å²) in [5.41, 5.74) is 1.41. The highest BCUT2D eigenvalue weighted by molar-refractivity contribution is 5.49. The van der Waals surface area contributed by atoms with Gasteiger partial charge in [-0.05, 0) is 32.4 Å². The van der Waals surface area contributed by atoms with Crippen LogP contribution in [0.1, 0.15) is 24.5 Å². The molecule has 0 aliphatic heterocycles. The average molecular weight is 239 g/mol. The summed E-state index contributed by atoms with van der Waals surface area (Å²) >= 11 is 0. The number of hydrogen-bond donors (Lipinski definition) is 1. The van der Waals surface area contributed by atoms with Gasteiger partial charge in [0.05, 0.1) is 17.6 Å². The van der Waals surface area contributed by atoms with Gasteiger partial charge in [-0.2, -0.15) is 0 Å². The average Bonchev–Trinajstić information content (AvgIpc) is 2.21. The molecule has 1 aromatic rings. The Hall–Kier alpha value is -1.62. The molecule has 1 aromatic carbocycles. The van der Waals surface area contributed by atoms with Crippen LogP contribution in [0.25, 0.3) is 0 Å². The first-order chi connectivity index (χ1) is 7.91. The van der Waals surface area contributed by atoms with Crippen molar-refractivity contribution in [1.29, 1.82) is 0 Å². The van der Waals surface area contributed by atoms with Gasteiger partial charge in [0, 0.05) is 18.1 Å². The van der Waals surface area contributed by atoms with Gasteiger partial charge < -0.3 is 9.84 Å². The summed E-state index contributed by atoms with van der Waals surface area (Å²) in [5.74, 6) is 0.633. The number of aliphatic hydroxyl groups excluding tert-OH is 1. The lowest BCUT2D eigenvalue weighted by Gasteiger charge is -2.11. The van der Waals surface area contributed by atoms with Gasteiger partial charge in [0.1, 0.15) is 5.75 Å². The van der Waals surface area contributed by atoms with Crippen LogP contribution in [0.4, 0.5) is 5.69 Å². The molecular formula is C12H17NO4. The minimum Gasteiger partial charge on any atom is -0.493 e. The molecule has 5 heteroatoms. The molecule has 0 spiro atoms. The molecule has 1 unspecified atom stereocenters. The number of rotatable bonds is 5. The lowest BCUT2D eigenvalue weighted by atomic mass is 10.1. The highest BCUT2D eigenvalue weighted by Crippen LogP contribution is 2.27. The van der Waals surface area contributed by atoms with Crippen molar-refractivity contribution in [3.63, 3.8) is 0 Å². The van der Waals surface area contributed by atoms with Gasteiger partial charge in [-0.1, -0.05) is 0 Å². The normalized spacial score (nSPS) is 12.2. The van der Waals surface area contributed by atoms with E-state index in [4.69, 9.17) is 9.84 Å². The minimum atomic E-state index is -0.408. The third-order valence-electron chi connectivity index (χ3n) is 2.48. The largest absolute Gasteiger partial charge is 0.493 e. The molecule has 1 N–H and O–H groups in total. The number of benzene rings is 1. The second-order valence-corrected chi connectivity index (χ2v) is 4.15. The van der Waals surface area contributed by atoms with Crippen LogP contribution < -0.4 is 4.74 Å². The van der Waals surface area contributed by atoms with Crippen molar-refractivity contribution >= 4 is 5.69 Å². The van der Waals surface area contributed by atoms with E-state index in [0.29, 0.717) is 24.3 Å². The maximum atomic E-state index is 10.7. The highest BCUT2D eigenvalue weighted by atomic mass is 16.6. The lowest BCUT2D eigenvalue weighted by Crippen LogP contribution is -2.08. The minimum absolute atomic E-state index is 0.102. The molecule has 1 atom stereocenters. The van der Waals surface area contributed by atoms with Crippen molar-refractivity contribution < 1.29 is 14.8 Å². The third-order valence-corrected chi connectivity index (χ3v) is 2.48. The fraction of sp³-hybridized carbons (Fsp3) is 0.500. The van der Waals surface area contributed by atoms with Crippen LogP contribution in [-0.2, 0) is 0 Å². The topological polar surface area (TPSA) is 72.6 Å². The first-order valence-corrected chi connectivity index (χ1v) is 5.48. The standard InChI is InChI=1S/C12H17NO4/c1-8-7-12(17-5-4-10(3)14)9(2)6-11(8)13(15)16/h6-7,10,14H,4-5H2,1-3H3. The number of aliphatic hydroxyl groups is 1. The molecule has 94 valence electrons. The van der Waals surface area contributed by atoms with Crippen molar-refractivity contribution in [3.05, 3.63) is 33.4 Å². The van der Waals surface area contributed by atoms with Crippen molar-refractivity contribution in [2.75, 3.05) is 6.61 Å². The van der Waals surface area contributed by atoms with E-state index < -0.39 is 11.0 Å². The molecule has 0 bridgehead atoms. The Kier molecular flexibility index (Phi) is 4.45. The Morgan fingerprint density at radius 3 is 2.59 bits per heavy atom. The molecule has 0 saturated heterocycles. The van der Waals surface area contributed by atoms with Crippen LogP contribution in [-0.4, -0.2) is 22.7 Å².